The molecule has 2 aromatic rings. The molecule has 3 nitrogen and oxygen atoms in total. The minimum atomic E-state index is -0.308. The number of aliphatic hydroxyl groups is 1. The number of nitrogens with two attached hydrogens (primary N) is 1. The second-order valence-corrected chi connectivity index (χ2v) is 3.66. The van der Waals surface area contributed by atoms with Gasteiger partial charge in [0.1, 0.15) is 0 Å². The molecule has 4 heteroatoms. The number of fused-ring (bicyclic) bond motifs is 1. The standard InChI is InChI=1S/C9H10N2OS/c10-7(5-12)9-6-3-1-2-4-8(6)11-13-9/h1-4,7,12H,5,10H2. The minimum absolute atomic E-state index is 0.0355. The predicted molar refractivity (Wildman–Crippen MR) is 53.6 cm³/mol. The van der Waals surface area contributed by atoms with Crippen molar-refractivity contribution < 1.29 is 5.11 Å². The van der Waals surface area contributed by atoms with E-state index in [9.17, 15) is 0 Å². The van der Waals surface area contributed by atoms with Crippen LogP contribution < -0.4 is 5.73 Å². The highest BCUT2D eigenvalue weighted by Crippen LogP contribution is 2.26. The largest absolute Gasteiger partial charge is 0.394 e. The summed E-state index contributed by atoms with van der Waals surface area (Å²) in [6.45, 7) is -0.0355. The fraction of sp³-hybridized carbons (Fsp3) is 0.222. The molecule has 1 aromatic heterocycles. The molecule has 1 aromatic carbocycles. The maximum absolute atomic E-state index is 8.92. The van der Waals surface area contributed by atoms with Crippen molar-refractivity contribution in [3.8, 4) is 0 Å². The Bertz CT molecular complexity index is 413. The monoisotopic (exact) mass is 194 g/mol. The molecule has 0 spiro atoms. The van der Waals surface area contributed by atoms with Crippen LogP contribution >= 0.6 is 11.5 Å². The molecule has 0 fully saturated rings. The molecular formula is C9H10N2OS. The van der Waals surface area contributed by atoms with E-state index in [1.54, 1.807) is 0 Å². The maximum Gasteiger partial charge on any atom is 0.0844 e. The highest BCUT2D eigenvalue weighted by Gasteiger charge is 2.11. The van der Waals surface area contributed by atoms with E-state index >= 15 is 0 Å². The van der Waals surface area contributed by atoms with Crippen molar-refractivity contribution in [2.75, 3.05) is 6.61 Å². The van der Waals surface area contributed by atoms with Gasteiger partial charge in [-0.2, -0.15) is 4.37 Å². The van der Waals surface area contributed by atoms with Gasteiger partial charge in [0, 0.05) is 5.39 Å². The lowest BCUT2D eigenvalue weighted by atomic mass is 10.1. The maximum atomic E-state index is 8.92. The average Bonchev–Trinajstić information content (AvgIpc) is 2.60. The third-order valence-corrected chi connectivity index (χ3v) is 2.95. The smallest absolute Gasteiger partial charge is 0.0844 e. The number of hydrogen-bond acceptors (Lipinski definition) is 4. The van der Waals surface area contributed by atoms with Gasteiger partial charge in [0.25, 0.3) is 0 Å². The van der Waals surface area contributed by atoms with Crippen LogP contribution in [-0.4, -0.2) is 16.1 Å². The minimum Gasteiger partial charge on any atom is -0.394 e. The molecule has 0 saturated heterocycles. The Morgan fingerprint density at radius 3 is 3.00 bits per heavy atom. The molecule has 13 heavy (non-hydrogen) atoms. The van der Waals surface area contributed by atoms with Gasteiger partial charge in [-0.3, -0.25) is 0 Å². The van der Waals surface area contributed by atoms with Crippen LogP contribution in [0.5, 0.6) is 0 Å². The Balaban J connectivity index is 2.57. The van der Waals surface area contributed by atoms with E-state index in [1.807, 2.05) is 24.3 Å². The topological polar surface area (TPSA) is 59.1 Å². The van der Waals surface area contributed by atoms with Gasteiger partial charge in [0.15, 0.2) is 0 Å². The Morgan fingerprint density at radius 1 is 1.46 bits per heavy atom. The van der Waals surface area contributed by atoms with Crippen molar-refractivity contribution in [2.45, 2.75) is 6.04 Å². The third kappa shape index (κ3) is 1.44. The van der Waals surface area contributed by atoms with Gasteiger partial charge in [0.05, 0.1) is 23.0 Å². The Hall–Kier alpha value is -0.970. The molecule has 1 heterocycles. The van der Waals surface area contributed by atoms with Crippen LogP contribution in [0.25, 0.3) is 10.9 Å². The normalized spacial score (nSPS) is 13.4. The first-order valence-corrected chi connectivity index (χ1v) is 4.81. The van der Waals surface area contributed by atoms with E-state index in [0.717, 1.165) is 15.8 Å². The molecule has 0 saturated carbocycles. The van der Waals surface area contributed by atoms with Gasteiger partial charge in [-0.1, -0.05) is 18.2 Å². The fourth-order valence-electron chi connectivity index (χ4n) is 1.26. The SMILES string of the molecule is NC(CO)c1snc2ccccc12. The fourth-order valence-corrected chi connectivity index (χ4v) is 2.10. The van der Waals surface area contributed by atoms with Crippen molar-refractivity contribution in [3.63, 3.8) is 0 Å². The van der Waals surface area contributed by atoms with Gasteiger partial charge in [-0.05, 0) is 17.6 Å². The highest BCUT2D eigenvalue weighted by atomic mass is 32.1. The molecule has 1 atom stereocenters. The summed E-state index contributed by atoms with van der Waals surface area (Å²) in [6.07, 6.45) is 0. The van der Waals surface area contributed by atoms with Crippen molar-refractivity contribution in [1.29, 1.82) is 0 Å². The molecule has 0 bridgehead atoms. The van der Waals surface area contributed by atoms with Gasteiger partial charge >= 0.3 is 0 Å². The van der Waals surface area contributed by atoms with Crippen molar-refractivity contribution in [2.24, 2.45) is 5.73 Å². The molecule has 2 rings (SSSR count). The van der Waals surface area contributed by atoms with Crippen molar-refractivity contribution in [3.05, 3.63) is 29.1 Å². The Kier molecular flexibility index (Phi) is 2.26. The number of hydrogen-bond donors (Lipinski definition) is 2. The molecule has 0 radical (unpaired) electrons. The number of rotatable bonds is 2. The van der Waals surface area contributed by atoms with E-state index in [-0.39, 0.29) is 12.6 Å². The van der Waals surface area contributed by atoms with E-state index in [1.165, 1.54) is 11.5 Å². The van der Waals surface area contributed by atoms with E-state index in [4.69, 9.17) is 10.8 Å². The van der Waals surface area contributed by atoms with Gasteiger partial charge in [-0.25, -0.2) is 0 Å². The highest BCUT2D eigenvalue weighted by molar-refractivity contribution is 7.07. The predicted octanol–water partition coefficient (Wildman–Crippen LogP) is 1.29. The lowest BCUT2D eigenvalue weighted by Crippen LogP contribution is -2.12. The first kappa shape index (κ1) is 8.62. The summed E-state index contributed by atoms with van der Waals surface area (Å²) < 4.78 is 4.24. The molecule has 0 aliphatic heterocycles. The first-order chi connectivity index (χ1) is 6.33. The van der Waals surface area contributed by atoms with Crippen LogP contribution in [0, 0.1) is 0 Å². The quantitative estimate of drug-likeness (QED) is 0.757. The van der Waals surface area contributed by atoms with Crippen LogP contribution in [0.2, 0.25) is 0 Å². The van der Waals surface area contributed by atoms with E-state index < -0.39 is 0 Å². The summed E-state index contributed by atoms with van der Waals surface area (Å²) >= 11 is 1.36. The molecule has 0 aliphatic carbocycles. The van der Waals surface area contributed by atoms with Crippen molar-refractivity contribution >= 4 is 22.4 Å². The molecule has 0 amide bonds. The average molecular weight is 194 g/mol. The zero-order chi connectivity index (χ0) is 9.26. The zero-order valence-corrected chi connectivity index (χ0v) is 7.79. The summed E-state index contributed by atoms with van der Waals surface area (Å²) in [7, 11) is 0. The van der Waals surface area contributed by atoms with Crippen molar-refractivity contribution in [1.82, 2.24) is 4.37 Å². The van der Waals surface area contributed by atoms with Crippen LogP contribution in [0.1, 0.15) is 10.9 Å². The lowest BCUT2D eigenvalue weighted by Gasteiger charge is -2.03. The number of aromatic nitrogens is 1. The van der Waals surface area contributed by atoms with Gasteiger partial charge in [0.2, 0.25) is 0 Å². The van der Waals surface area contributed by atoms with E-state index in [2.05, 4.69) is 4.37 Å². The summed E-state index contributed by atoms with van der Waals surface area (Å²) in [5, 5.41) is 9.97. The Morgan fingerprint density at radius 2 is 2.23 bits per heavy atom. The van der Waals surface area contributed by atoms with Crippen LogP contribution in [0.15, 0.2) is 24.3 Å². The first-order valence-electron chi connectivity index (χ1n) is 4.03. The second kappa shape index (κ2) is 3.41. The summed E-state index contributed by atoms with van der Waals surface area (Å²) in [5.74, 6) is 0. The third-order valence-electron chi connectivity index (χ3n) is 1.95. The van der Waals surface area contributed by atoms with Gasteiger partial charge in [-0.15, -0.1) is 0 Å². The molecule has 3 N–H and O–H groups in total. The van der Waals surface area contributed by atoms with Gasteiger partial charge < -0.3 is 10.8 Å². The van der Waals surface area contributed by atoms with Crippen LogP contribution in [0.4, 0.5) is 0 Å². The lowest BCUT2D eigenvalue weighted by molar-refractivity contribution is 0.270. The molecule has 1 unspecified atom stereocenters. The molecule has 68 valence electrons. The second-order valence-electron chi connectivity index (χ2n) is 2.85. The van der Waals surface area contributed by atoms with Crippen LogP contribution in [0.3, 0.4) is 0 Å². The number of benzene rings is 1. The number of nitrogens with zero attached hydrogens (tertiary/aromatic N) is 1. The molecular weight excluding hydrogens is 184 g/mol. The molecule has 0 aliphatic rings. The van der Waals surface area contributed by atoms with E-state index in [0.29, 0.717) is 0 Å². The summed E-state index contributed by atoms with van der Waals surface area (Å²) in [6, 6.07) is 7.50. The summed E-state index contributed by atoms with van der Waals surface area (Å²) in [5.41, 5.74) is 6.68. The van der Waals surface area contributed by atoms with Crippen LogP contribution in [-0.2, 0) is 0 Å². The zero-order valence-electron chi connectivity index (χ0n) is 6.97. The Labute approximate surface area is 80.0 Å². The summed E-state index contributed by atoms with van der Waals surface area (Å²) in [4.78, 5) is 0.957. The number of aliphatic hydroxyl groups excluding tert-OH is 1.